The Kier molecular flexibility index (Phi) is 3.99. The molecule has 0 aliphatic carbocycles. The Labute approximate surface area is 122 Å². The third-order valence-electron chi connectivity index (χ3n) is 2.74. The summed E-state index contributed by atoms with van der Waals surface area (Å²) in [5.74, 6) is 0.0498. The largest absolute Gasteiger partial charge is 0.305 e. The number of hydrogen-bond acceptors (Lipinski definition) is 4. The second kappa shape index (κ2) is 5.57. The summed E-state index contributed by atoms with van der Waals surface area (Å²) in [6.07, 6.45) is 1.06. The summed E-state index contributed by atoms with van der Waals surface area (Å²) in [6.45, 7) is 3.58. The van der Waals surface area contributed by atoms with Crippen molar-refractivity contribution in [3.63, 3.8) is 0 Å². The molecule has 2 aromatic rings. The molecule has 1 heterocycles. The van der Waals surface area contributed by atoms with E-state index in [1.165, 1.54) is 6.07 Å². The van der Waals surface area contributed by atoms with Crippen LogP contribution in [0.15, 0.2) is 24.3 Å². The predicted molar refractivity (Wildman–Crippen MR) is 80.9 cm³/mol. The van der Waals surface area contributed by atoms with Crippen molar-refractivity contribution < 1.29 is 13.2 Å². The van der Waals surface area contributed by atoms with Gasteiger partial charge in [0.2, 0.25) is 10.0 Å². The highest BCUT2D eigenvalue weighted by molar-refractivity contribution is 7.92. The zero-order valence-electron chi connectivity index (χ0n) is 11.9. The Bertz CT molecular complexity index is 780. The van der Waals surface area contributed by atoms with Crippen molar-refractivity contribution >= 4 is 27.4 Å². The maximum Gasteiger partial charge on any atom is 0.256 e. The number of anilines is 2. The smallest absolute Gasteiger partial charge is 0.256 e. The Balaban J connectivity index is 2.23. The van der Waals surface area contributed by atoms with Crippen molar-refractivity contribution in [2.75, 3.05) is 16.3 Å². The van der Waals surface area contributed by atoms with Crippen LogP contribution in [-0.4, -0.2) is 30.8 Å². The van der Waals surface area contributed by atoms with Crippen LogP contribution in [0.2, 0.25) is 0 Å². The van der Waals surface area contributed by atoms with Crippen molar-refractivity contribution in [3.05, 3.63) is 41.1 Å². The first-order valence-electron chi connectivity index (χ1n) is 6.16. The molecule has 0 saturated carbocycles. The van der Waals surface area contributed by atoms with Crippen LogP contribution in [0.3, 0.4) is 0 Å². The number of carbonyl (C=O) groups is 1. The van der Waals surface area contributed by atoms with Crippen molar-refractivity contribution in [1.29, 1.82) is 0 Å². The third-order valence-corrected chi connectivity index (χ3v) is 3.33. The van der Waals surface area contributed by atoms with Crippen LogP contribution < -0.4 is 10.0 Å². The van der Waals surface area contributed by atoms with Crippen LogP contribution in [0.1, 0.15) is 21.6 Å². The minimum absolute atomic E-state index is 0.340. The topological polar surface area (TPSA) is 104 Å². The van der Waals surface area contributed by atoms with E-state index in [1.54, 1.807) is 25.1 Å². The van der Waals surface area contributed by atoms with Crippen LogP contribution >= 0.6 is 0 Å². The Morgan fingerprint density at radius 2 is 1.95 bits per heavy atom. The number of hydrogen-bond donors (Lipinski definition) is 3. The molecule has 21 heavy (non-hydrogen) atoms. The van der Waals surface area contributed by atoms with E-state index < -0.39 is 10.0 Å². The molecular weight excluding hydrogens is 292 g/mol. The van der Waals surface area contributed by atoms with Crippen molar-refractivity contribution in [2.45, 2.75) is 13.8 Å². The molecular formula is C13H16N4O3S. The molecule has 0 unspecified atom stereocenters. The lowest BCUT2D eigenvalue weighted by Crippen LogP contribution is -2.15. The van der Waals surface area contributed by atoms with Gasteiger partial charge in [-0.2, -0.15) is 5.10 Å². The van der Waals surface area contributed by atoms with Crippen LogP contribution in [0.4, 0.5) is 11.5 Å². The van der Waals surface area contributed by atoms with E-state index >= 15 is 0 Å². The lowest BCUT2D eigenvalue weighted by molar-refractivity contribution is 0.102. The van der Waals surface area contributed by atoms with Gasteiger partial charge in [0.1, 0.15) is 0 Å². The molecule has 2 rings (SSSR count). The van der Waals surface area contributed by atoms with Crippen LogP contribution in [0.25, 0.3) is 0 Å². The Morgan fingerprint density at radius 1 is 1.24 bits per heavy atom. The van der Waals surface area contributed by atoms with E-state index in [4.69, 9.17) is 0 Å². The molecule has 0 radical (unpaired) electrons. The molecule has 0 aliphatic rings. The van der Waals surface area contributed by atoms with Gasteiger partial charge in [-0.15, -0.1) is 0 Å². The number of nitrogens with one attached hydrogen (secondary N) is 3. The molecule has 1 aromatic heterocycles. The van der Waals surface area contributed by atoms with E-state index in [1.807, 2.05) is 6.92 Å². The number of sulfonamides is 1. The molecule has 8 heteroatoms. The number of carbonyl (C=O) groups excluding carboxylic acids is 1. The SMILES string of the molecule is Cc1cc(NC(=O)c2ccc(C)c(NS(C)(=O)=O)c2)n[nH]1. The van der Waals surface area contributed by atoms with Crippen molar-refractivity contribution in [3.8, 4) is 0 Å². The maximum absolute atomic E-state index is 12.1. The van der Waals surface area contributed by atoms with E-state index in [2.05, 4.69) is 20.2 Å². The van der Waals surface area contributed by atoms with Gasteiger partial charge in [0.15, 0.2) is 5.82 Å². The molecule has 0 aliphatic heterocycles. The van der Waals surface area contributed by atoms with E-state index in [-0.39, 0.29) is 5.91 Å². The van der Waals surface area contributed by atoms with Gasteiger partial charge in [0.05, 0.1) is 11.9 Å². The summed E-state index contributed by atoms with van der Waals surface area (Å²) in [5, 5.41) is 9.26. The first-order valence-corrected chi connectivity index (χ1v) is 8.05. The number of benzene rings is 1. The fourth-order valence-electron chi connectivity index (χ4n) is 1.74. The van der Waals surface area contributed by atoms with Gasteiger partial charge >= 0.3 is 0 Å². The number of amides is 1. The minimum Gasteiger partial charge on any atom is -0.305 e. The fraction of sp³-hybridized carbons (Fsp3) is 0.231. The minimum atomic E-state index is -3.40. The van der Waals surface area contributed by atoms with E-state index in [0.717, 1.165) is 17.5 Å². The summed E-state index contributed by atoms with van der Waals surface area (Å²) in [5.41, 5.74) is 2.27. The molecule has 0 saturated heterocycles. The fourth-order valence-corrected chi connectivity index (χ4v) is 2.36. The Hall–Kier alpha value is -2.35. The molecule has 1 amide bonds. The highest BCUT2D eigenvalue weighted by atomic mass is 32.2. The maximum atomic E-state index is 12.1. The third kappa shape index (κ3) is 4.06. The monoisotopic (exact) mass is 308 g/mol. The van der Waals surface area contributed by atoms with Gasteiger partial charge in [0.25, 0.3) is 5.91 Å². The number of rotatable bonds is 4. The zero-order chi connectivity index (χ0) is 15.6. The summed E-state index contributed by atoms with van der Waals surface area (Å²) in [6, 6.07) is 6.49. The molecule has 1 aromatic carbocycles. The average molecular weight is 308 g/mol. The molecule has 0 spiro atoms. The second-order valence-electron chi connectivity index (χ2n) is 4.79. The first-order chi connectivity index (χ1) is 9.74. The molecule has 112 valence electrons. The van der Waals surface area contributed by atoms with Gasteiger partial charge in [0, 0.05) is 17.3 Å². The number of H-pyrrole nitrogens is 1. The van der Waals surface area contributed by atoms with Gasteiger partial charge < -0.3 is 5.32 Å². The molecule has 3 N–H and O–H groups in total. The number of nitrogens with zero attached hydrogens (tertiary/aromatic N) is 1. The zero-order valence-corrected chi connectivity index (χ0v) is 12.7. The quantitative estimate of drug-likeness (QED) is 0.798. The summed E-state index contributed by atoms with van der Waals surface area (Å²) in [7, 11) is -3.40. The lowest BCUT2D eigenvalue weighted by Gasteiger charge is -2.09. The van der Waals surface area contributed by atoms with Gasteiger partial charge in [-0.05, 0) is 31.5 Å². The highest BCUT2D eigenvalue weighted by Crippen LogP contribution is 2.19. The number of aromatic nitrogens is 2. The summed E-state index contributed by atoms with van der Waals surface area (Å²) < 4.78 is 25.0. The van der Waals surface area contributed by atoms with E-state index in [0.29, 0.717) is 17.1 Å². The number of aryl methyl sites for hydroxylation is 2. The first kappa shape index (κ1) is 15.0. The normalized spacial score (nSPS) is 11.2. The molecule has 0 atom stereocenters. The van der Waals surface area contributed by atoms with Crippen LogP contribution in [0.5, 0.6) is 0 Å². The van der Waals surface area contributed by atoms with Gasteiger partial charge in [-0.25, -0.2) is 8.42 Å². The van der Waals surface area contributed by atoms with Gasteiger partial charge in [-0.3, -0.25) is 14.6 Å². The average Bonchev–Trinajstić information content (AvgIpc) is 2.75. The second-order valence-corrected chi connectivity index (χ2v) is 6.54. The Morgan fingerprint density at radius 3 is 2.52 bits per heavy atom. The standard InChI is InChI=1S/C13H16N4O3S/c1-8-4-5-10(7-11(8)17-21(3,19)20)13(18)14-12-6-9(2)15-16-12/h4-7,17H,1-3H3,(H2,14,15,16,18). The lowest BCUT2D eigenvalue weighted by atomic mass is 10.1. The molecule has 0 fully saturated rings. The van der Waals surface area contributed by atoms with Crippen molar-refractivity contribution in [1.82, 2.24) is 10.2 Å². The van der Waals surface area contributed by atoms with Gasteiger partial charge in [-0.1, -0.05) is 6.07 Å². The van der Waals surface area contributed by atoms with Crippen LogP contribution in [-0.2, 0) is 10.0 Å². The van der Waals surface area contributed by atoms with Crippen LogP contribution in [0, 0.1) is 13.8 Å². The van der Waals surface area contributed by atoms with E-state index in [9.17, 15) is 13.2 Å². The van der Waals surface area contributed by atoms with Crippen molar-refractivity contribution in [2.24, 2.45) is 0 Å². The summed E-state index contributed by atoms with van der Waals surface area (Å²) >= 11 is 0. The highest BCUT2D eigenvalue weighted by Gasteiger charge is 2.12. The summed E-state index contributed by atoms with van der Waals surface area (Å²) in [4.78, 5) is 12.1. The molecule has 0 bridgehead atoms. The number of aromatic amines is 1. The predicted octanol–water partition coefficient (Wildman–Crippen LogP) is 1.65. The molecule has 7 nitrogen and oxygen atoms in total.